The second-order valence-electron chi connectivity index (χ2n) is 10.4. The van der Waals surface area contributed by atoms with E-state index in [1.807, 2.05) is 67.6 Å². The van der Waals surface area contributed by atoms with Gasteiger partial charge >= 0.3 is 0 Å². The highest BCUT2D eigenvalue weighted by atomic mass is 32.2. The lowest BCUT2D eigenvalue weighted by molar-refractivity contribution is -0.140. The molecule has 0 aromatic heterocycles. The van der Waals surface area contributed by atoms with Crippen LogP contribution in [0.3, 0.4) is 0 Å². The fourth-order valence-electron chi connectivity index (χ4n) is 4.84. The van der Waals surface area contributed by atoms with Crippen LogP contribution in [0.4, 0.5) is 5.69 Å². The van der Waals surface area contributed by atoms with Gasteiger partial charge in [-0.3, -0.25) is 13.9 Å². The standard InChI is InChI=1S/C35H39N3O5S/c1-3-4-24-36-35(40)33(25-28-14-8-5-9-15-28)37(26-29-16-10-6-11-17-29)34(39)27-38(30-20-22-31(43-2)23-21-30)44(41,42)32-18-12-7-13-19-32/h5-23,33H,3-4,24-27H2,1-2H3,(H,36,40)/t33-/m0/s1. The van der Waals surface area contributed by atoms with Crippen molar-refractivity contribution in [2.45, 2.75) is 43.7 Å². The van der Waals surface area contributed by atoms with Crippen LogP contribution >= 0.6 is 0 Å². The topological polar surface area (TPSA) is 96.0 Å². The van der Waals surface area contributed by atoms with Crippen molar-refractivity contribution >= 4 is 27.5 Å². The van der Waals surface area contributed by atoms with Crippen LogP contribution in [0.15, 0.2) is 120 Å². The molecule has 0 bridgehead atoms. The highest BCUT2D eigenvalue weighted by Gasteiger charge is 2.34. The number of hydrogen-bond acceptors (Lipinski definition) is 5. The molecule has 0 aliphatic carbocycles. The van der Waals surface area contributed by atoms with Crippen molar-refractivity contribution in [1.82, 2.24) is 10.2 Å². The van der Waals surface area contributed by atoms with Crippen molar-refractivity contribution in [3.63, 3.8) is 0 Å². The predicted octanol–water partition coefficient (Wildman–Crippen LogP) is 5.45. The number of carbonyl (C=O) groups excluding carboxylic acids is 2. The molecule has 230 valence electrons. The summed E-state index contributed by atoms with van der Waals surface area (Å²) >= 11 is 0. The number of nitrogens with one attached hydrogen (secondary N) is 1. The number of methoxy groups -OCH3 is 1. The molecule has 1 atom stereocenters. The number of anilines is 1. The summed E-state index contributed by atoms with van der Waals surface area (Å²) in [6, 6.07) is 32.5. The average molecular weight is 614 g/mol. The molecule has 0 aliphatic heterocycles. The van der Waals surface area contributed by atoms with Gasteiger partial charge in [0.1, 0.15) is 18.3 Å². The second kappa shape index (κ2) is 15.7. The molecular weight excluding hydrogens is 574 g/mol. The number of carbonyl (C=O) groups is 2. The first-order valence-corrected chi connectivity index (χ1v) is 16.1. The summed E-state index contributed by atoms with van der Waals surface area (Å²) in [5, 5.41) is 3.00. The van der Waals surface area contributed by atoms with E-state index in [0.29, 0.717) is 18.0 Å². The van der Waals surface area contributed by atoms with E-state index in [1.165, 1.54) is 24.1 Å². The molecule has 4 aromatic carbocycles. The van der Waals surface area contributed by atoms with Crippen LogP contribution in [-0.2, 0) is 32.6 Å². The Balaban J connectivity index is 1.76. The van der Waals surface area contributed by atoms with Gasteiger partial charge in [0.15, 0.2) is 0 Å². The molecule has 8 nitrogen and oxygen atoms in total. The Bertz CT molecular complexity index is 1580. The third-order valence-corrected chi connectivity index (χ3v) is 9.05. The van der Waals surface area contributed by atoms with Crippen molar-refractivity contribution in [2.24, 2.45) is 0 Å². The summed E-state index contributed by atoms with van der Waals surface area (Å²) in [5.74, 6) is -0.237. The number of hydrogen-bond donors (Lipinski definition) is 1. The summed E-state index contributed by atoms with van der Waals surface area (Å²) in [4.78, 5) is 29.7. The van der Waals surface area contributed by atoms with Gasteiger partial charge in [0.2, 0.25) is 11.8 Å². The number of unbranched alkanes of at least 4 members (excludes halogenated alkanes) is 1. The van der Waals surface area contributed by atoms with Crippen LogP contribution in [0.5, 0.6) is 5.75 Å². The minimum Gasteiger partial charge on any atom is -0.497 e. The molecule has 0 fully saturated rings. The van der Waals surface area contributed by atoms with Crippen molar-refractivity contribution in [3.8, 4) is 5.75 Å². The maximum atomic E-state index is 14.4. The maximum Gasteiger partial charge on any atom is 0.264 e. The highest BCUT2D eigenvalue weighted by molar-refractivity contribution is 7.92. The molecule has 2 amide bonds. The van der Waals surface area contributed by atoms with Crippen LogP contribution in [-0.4, -0.2) is 51.4 Å². The van der Waals surface area contributed by atoms with Crippen molar-refractivity contribution < 1.29 is 22.7 Å². The average Bonchev–Trinajstić information content (AvgIpc) is 3.06. The molecule has 1 N–H and O–H groups in total. The van der Waals surface area contributed by atoms with Gasteiger partial charge in [-0.15, -0.1) is 0 Å². The first kappa shape index (κ1) is 32.3. The smallest absolute Gasteiger partial charge is 0.264 e. The minimum absolute atomic E-state index is 0.0522. The molecule has 4 rings (SSSR count). The summed E-state index contributed by atoms with van der Waals surface area (Å²) in [6.07, 6.45) is 1.98. The minimum atomic E-state index is -4.15. The number of benzene rings is 4. The number of nitrogens with zero attached hydrogens (tertiary/aromatic N) is 2. The third-order valence-electron chi connectivity index (χ3n) is 7.27. The van der Waals surface area contributed by atoms with E-state index in [4.69, 9.17) is 4.74 Å². The lowest BCUT2D eigenvalue weighted by Gasteiger charge is -2.34. The Morgan fingerprint density at radius 3 is 1.93 bits per heavy atom. The Morgan fingerprint density at radius 1 is 0.795 bits per heavy atom. The number of sulfonamides is 1. The monoisotopic (exact) mass is 613 g/mol. The zero-order chi connectivity index (χ0) is 31.4. The number of amides is 2. The van der Waals surface area contributed by atoms with E-state index in [1.54, 1.807) is 42.5 Å². The Kier molecular flexibility index (Phi) is 11.5. The quantitative estimate of drug-likeness (QED) is 0.180. The fourth-order valence-corrected chi connectivity index (χ4v) is 6.27. The lowest BCUT2D eigenvalue weighted by Crippen LogP contribution is -2.53. The van der Waals surface area contributed by atoms with E-state index in [-0.39, 0.29) is 23.8 Å². The molecule has 0 saturated carbocycles. The van der Waals surface area contributed by atoms with E-state index >= 15 is 0 Å². The Morgan fingerprint density at radius 2 is 1.36 bits per heavy atom. The van der Waals surface area contributed by atoms with Gasteiger partial charge in [-0.1, -0.05) is 92.2 Å². The summed E-state index contributed by atoms with van der Waals surface area (Å²) in [5.41, 5.74) is 2.01. The number of ether oxygens (including phenoxy) is 1. The van der Waals surface area contributed by atoms with E-state index in [0.717, 1.165) is 28.3 Å². The molecule has 0 unspecified atom stereocenters. The first-order valence-electron chi connectivity index (χ1n) is 14.7. The van der Waals surface area contributed by atoms with Gasteiger partial charge in [0.05, 0.1) is 17.7 Å². The van der Waals surface area contributed by atoms with Crippen molar-refractivity contribution in [2.75, 3.05) is 24.5 Å². The predicted molar refractivity (Wildman–Crippen MR) is 173 cm³/mol. The SMILES string of the molecule is CCCCNC(=O)[C@H](Cc1ccccc1)N(Cc1ccccc1)C(=O)CN(c1ccc(OC)cc1)S(=O)(=O)c1ccccc1. The molecule has 9 heteroatoms. The maximum absolute atomic E-state index is 14.4. The van der Waals surface area contributed by atoms with E-state index in [9.17, 15) is 18.0 Å². The lowest BCUT2D eigenvalue weighted by atomic mass is 10.0. The van der Waals surface area contributed by atoms with Crippen LogP contribution in [0.25, 0.3) is 0 Å². The van der Waals surface area contributed by atoms with Gasteiger partial charge in [0.25, 0.3) is 10.0 Å². The van der Waals surface area contributed by atoms with Crippen molar-refractivity contribution in [3.05, 3.63) is 126 Å². The van der Waals surface area contributed by atoms with E-state index in [2.05, 4.69) is 5.32 Å². The Labute approximate surface area is 260 Å². The van der Waals surface area contributed by atoms with Crippen LogP contribution in [0.2, 0.25) is 0 Å². The molecule has 0 radical (unpaired) electrons. The fraction of sp³-hybridized carbons (Fsp3) is 0.257. The largest absolute Gasteiger partial charge is 0.497 e. The Hall–Kier alpha value is -4.63. The molecule has 0 saturated heterocycles. The zero-order valence-electron chi connectivity index (χ0n) is 25.1. The molecule has 0 spiro atoms. The van der Waals surface area contributed by atoms with Gasteiger partial charge in [-0.05, 0) is 53.9 Å². The van der Waals surface area contributed by atoms with Crippen LogP contribution < -0.4 is 14.4 Å². The van der Waals surface area contributed by atoms with Gasteiger partial charge in [-0.25, -0.2) is 8.42 Å². The van der Waals surface area contributed by atoms with Gasteiger partial charge in [0, 0.05) is 19.5 Å². The molecule has 4 aromatic rings. The van der Waals surface area contributed by atoms with Crippen molar-refractivity contribution in [1.29, 1.82) is 0 Å². The zero-order valence-corrected chi connectivity index (χ0v) is 26.0. The highest BCUT2D eigenvalue weighted by Crippen LogP contribution is 2.27. The first-order chi connectivity index (χ1) is 21.3. The molecule has 0 heterocycles. The van der Waals surface area contributed by atoms with E-state index < -0.39 is 28.5 Å². The summed E-state index contributed by atoms with van der Waals surface area (Å²) in [7, 11) is -2.63. The van der Waals surface area contributed by atoms with Crippen LogP contribution in [0, 0.1) is 0 Å². The van der Waals surface area contributed by atoms with Gasteiger partial charge < -0.3 is 15.0 Å². The third kappa shape index (κ3) is 8.48. The van der Waals surface area contributed by atoms with Crippen LogP contribution in [0.1, 0.15) is 30.9 Å². The second-order valence-corrected chi connectivity index (χ2v) is 12.2. The number of rotatable bonds is 15. The summed E-state index contributed by atoms with van der Waals surface area (Å²) < 4.78 is 34.4. The normalized spacial score (nSPS) is 11.8. The molecule has 44 heavy (non-hydrogen) atoms. The summed E-state index contributed by atoms with van der Waals surface area (Å²) in [6.45, 7) is 2.14. The molecular formula is C35H39N3O5S. The van der Waals surface area contributed by atoms with Gasteiger partial charge in [-0.2, -0.15) is 0 Å². The molecule has 0 aliphatic rings.